The Kier molecular flexibility index (Phi) is 3.94. The van der Waals surface area contributed by atoms with E-state index in [9.17, 15) is 4.79 Å². The lowest BCUT2D eigenvalue weighted by molar-refractivity contribution is 0.00601. The largest absolute Gasteiger partial charge is 0.444 e. The predicted molar refractivity (Wildman–Crippen MR) is 100 cm³/mol. The average molecular weight is 362 g/mol. The van der Waals surface area contributed by atoms with E-state index >= 15 is 0 Å². The minimum Gasteiger partial charge on any atom is -0.444 e. The first-order valence-corrected chi connectivity index (χ1v) is 9.81. The van der Waals surface area contributed by atoms with Crippen molar-refractivity contribution >= 4 is 32.6 Å². The van der Waals surface area contributed by atoms with Crippen molar-refractivity contribution in [2.75, 3.05) is 11.9 Å². The van der Waals surface area contributed by atoms with Crippen LogP contribution < -0.4 is 4.90 Å². The van der Waals surface area contributed by atoms with Crippen molar-refractivity contribution in [2.24, 2.45) is 0 Å². The van der Waals surface area contributed by atoms with E-state index in [1.807, 2.05) is 31.9 Å². The minimum absolute atomic E-state index is 0.143. The van der Waals surface area contributed by atoms with Crippen molar-refractivity contribution in [3.8, 4) is 0 Å². The molecule has 0 aromatic carbocycles. The van der Waals surface area contributed by atoms with Gasteiger partial charge in [-0.3, -0.25) is 5.10 Å². The molecule has 2 aliphatic rings. The molecule has 6 nitrogen and oxygen atoms in total. The highest BCUT2D eigenvalue weighted by atomic mass is 32.1. The van der Waals surface area contributed by atoms with E-state index in [-0.39, 0.29) is 6.09 Å². The summed E-state index contributed by atoms with van der Waals surface area (Å²) in [6.45, 7) is 5.79. The Labute approximate surface area is 152 Å². The van der Waals surface area contributed by atoms with Crippen LogP contribution in [0.3, 0.4) is 0 Å². The second-order valence-corrected chi connectivity index (χ2v) is 9.29. The van der Waals surface area contributed by atoms with Crippen molar-refractivity contribution in [1.29, 1.82) is 0 Å². The normalized spacial score (nSPS) is 26.2. The lowest BCUT2D eigenvalue weighted by Gasteiger charge is -2.42. The van der Waals surface area contributed by atoms with E-state index in [4.69, 9.17) is 4.74 Å². The topological polar surface area (TPSA) is 61.5 Å². The van der Waals surface area contributed by atoms with Crippen LogP contribution in [0.5, 0.6) is 0 Å². The van der Waals surface area contributed by atoms with Gasteiger partial charge in [0.05, 0.1) is 9.70 Å². The summed E-state index contributed by atoms with van der Waals surface area (Å²) in [6, 6.07) is 3.21. The summed E-state index contributed by atoms with van der Waals surface area (Å²) < 4.78 is 6.82. The first-order chi connectivity index (χ1) is 11.8. The van der Waals surface area contributed by atoms with Crippen molar-refractivity contribution < 1.29 is 9.53 Å². The molecule has 0 radical (unpaired) electrons. The van der Waals surface area contributed by atoms with Crippen molar-refractivity contribution in [3.05, 3.63) is 12.3 Å². The van der Waals surface area contributed by atoms with E-state index < -0.39 is 5.60 Å². The maximum absolute atomic E-state index is 12.6. The van der Waals surface area contributed by atoms with Crippen LogP contribution in [0.2, 0.25) is 0 Å². The summed E-state index contributed by atoms with van der Waals surface area (Å²) in [5.74, 6) is 0. The van der Waals surface area contributed by atoms with Crippen LogP contribution in [0.25, 0.3) is 10.2 Å². The van der Waals surface area contributed by atoms with E-state index in [2.05, 4.69) is 28.2 Å². The van der Waals surface area contributed by atoms with Gasteiger partial charge in [0, 0.05) is 37.4 Å². The zero-order valence-electron chi connectivity index (χ0n) is 15.3. The molecule has 2 aliphatic heterocycles. The number of nitrogens with one attached hydrogen (secondary N) is 1. The first kappa shape index (κ1) is 16.7. The molecule has 1 amide bonds. The summed E-state index contributed by atoms with van der Waals surface area (Å²) in [7, 11) is 2.17. The Bertz CT molecular complexity index is 735. The molecule has 25 heavy (non-hydrogen) atoms. The first-order valence-electron chi connectivity index (χ1n) is 8.99. The molecule has 4 rings (SSSR count). The number of aromatic nitrogens is 2. The molecule has 3 atom stereocenters. The Morgan fingerprint density at radius 2 is 2.04 bits per heavy atom. The minimum atomic E-state index is -0.435. The van der Waals surface area contributed by atoms with Crippen molar-refractivity contribution in [3.63, 3.8) is 0 Å². The number of carbonyl (C=O) groups is 1. The fourth-order valence-electron chi connectivity index (χ4n) is 4.16. The van der Waals surface area contributed by atoms with Gasteiger partial charge in [0.25, 0.3) is 0 Å². The van der Waals surface area contributed by atoms with Crippen LogP contribution >= 0.6 is 11.3 Å². The number of ether oxygens (including phenoxy) is 1. The zero-order valence-corrected chi connectivity index (χ0v) is 16.1. The van der Waals surface area contributed by atoms with Gasteiger partial charge >= 0.3 is 6.09 Å². The van der Waals surface area contributed by atoms with Crippen LogP contribution in [-0.4, -0.2) is 52.0 Å². The fourth-order valence-corrected chi connectivity index (χ4v) is 5.17. The number of hydrogen-bond donors (Lipinski definition) is 1. The molecule has 136 valence electrons. The van der Waals surface area contributed by atoms with E-state index in [1.54, 1.807) is 11.3 Å². The van der Waals surface area contributed by atoms with E-state index in [1.165, 1.54) is 9.70 Å². The van der Waals surface area contributed by atoms with Gasteiger partial charge in [0.1, 0.15) is 11.1 Å². The van der Waals surface area contributed by atoms with Gasteiger partial charge in [-0.05, 0) is 46.5 Å². The van der Waals surface area contributed by atoms with Crippen LogP contribution in [-0.2, 0) is 4.74 Å². The fraction of sp³-hybridized carbons (Fsp3) is 0.667. The molecule has 2 aromatic heterocycles. The van der Waals surface area contributed by atoms with Gasteiger partial charge in [-0.25, -0.2) is 4.79 Å². The highest BCUT2D eigenvalue weighted by Crippen LogP contribution is 2.41. The standard InChI is InChI=1S/C18H26N4O2S/c1-18(2,3)24-17(23)22-11-5-6-12(22)8-13(7-11)21(4)16-9-14-15(25-16)10-19-20-14/h9-13H,5-8H2,1-4H3,(H,19,20)/t11-,12+,13?. The second kappa shape index (κ2) is 5.90. The lowest BCUT2D eigenvalue weighted by Crippen LogP contribution is -2.53. The third-order valence-corrected chi connectivity index (χ3v) is 6.48. The van der Waals surface area contributed by atoms with Gasteiger partial charge < -0.3 is 14.5 Å². The van der Waals surface area contributed by atoms with E-state index in [0.717, 1.165) is 31.2 Å². The molecule has 0 spiro atoms. The molecule has 2 fully saturated rings. The summed E-state index contributed by atoms with van der Waals surface area (Å²) in [4.78, 5) is 17.0. The molecule has 1 N–H and O–H groups in total. The number of rotatable bonds is 2. The highest BCUT2D eigenvalue weighted by Gasteiger charge is 2.45. The summed E-state index contributed by atoms with van der Waals surface area (Å²) in [5, 5.41) is 8.43. The summed E-state index contributed by atoms with van der Waals surface area (Å²) >= 11 is 1.77. The van der Waals surface area contributed by atoms with Gasteiger partial charge in [-0.2, -0.15) is 5.10 Å². The van der Waals surface area contributed by atoms with Gasteiger partial charge in [-0.15, -0.1) is 11.3 Å². The number of hydrogen-bond acceptors (Lipinski definition) is 5. The lowest BCUT2D eigenvalue weighted by atomic mass is 9.96. The Balaban J connectivity index is 1.47. The zero-order chi connectivity index (χ0) is 17.8. The Hall–Kier alpha value is -1.76. The molecule has 0 saturated carbocycles. The maximum atomic E-state index is 12.6. The van der Waals surface area contributed by atoms with Crippen LogP contribution in [0, 0.1) is 0 Å². The Morgan fingerprint density at radius 3 is 2.64 bits per heavy atom. The third kappa shape index (κ3) is 3.10. The quantitative estimate of drug-likeness (QED) is 0.877. The highest BCUT2D eigenvalue weighted by molar-refractivity contribution is 7.22. The summed E-state index contributed by atoms with van der Waals surface area (Å²) in [5.41, 5.74) is 0.594. The molecule has 1 unspecified atom stereocenters. The maximum Gasteiger partial charge on any atom is 0.410 e. The van der Waals surface area contributed by atoms with E-state index in [0.29, 0.717) is 18.1 Å². The predicted octanol–water partition coefficient (Wildman–Crippen LogP) is 3.99. The van der Waals surface area contributed by atoms with Crippen LogP contribution in [0.1, 0.15) is 46.5 Å². The smallest absolute Gasteiger partial charge is 0.410 e. The molecule has 0 aliphatic carbocycles. The third-order valence-electron chi connectivity index (χ3n) is 5.32. The number of amides is 1. The molecule has 2 saturated heterocycles. The average Bonchev–Trinajstić information content (AvgIpc) is 3.16. The number of anilines is 1. The molecular weight excluding hydrogens is 336 g/mol. The number of thiophene rings is 1. The number of H-pyrrole nitrogens is 1. The van der Waals surface area contributed by atoms with Gasteiger partial charge in [-0.1, -0.05) is 0 Å². The SMILES string of the molecule is CN(c1cc2n[nH]cc2s1)C1C[C@H]2CC[C@@H](C1)N2C(=O)OC(C)(C)C. The molecule has 2 aromatic rings. The Morgan fingerprint density at radius 1 is 1.36 bits per heavy atom. The van der Waals surface area contributed by atoms with Crippen LogP contribution in [0.4, 0.5) is 9.80 Å². The number of aromatic amines is 1. The van der Waals surface area contributed by atoms with Crippen molar-refractivity contribution in [2.45, 2.75) is 70.2 Å². The molecule has 4 heterocycles. The van der Waals surface area contributed by atoms with Gasteiger partial charge in [0.15, 0.2) is 0 Å². The van der Waals surface area contributed by atoms with Crippen molar-refractivity contribution in [1.82, 2.24) is 15.1 Å². The number of fused-ring (bicyclic) bond motifs is 3. The molecule has 7 heteroatoms. The molecular formula is C18H26N4O2S. The second-order valence-electron chi connectivity index (χ2n) is 8.23. The number of carbonyl (C=O) groups excluding carboxylic acids is 1. The van der Waals surface area contributed by atoms with Gasteiger partial charge in [0.2, 0.25) is 0 Å². The molecule has 2 bridgehead atoms. The number of nitrogens with zero attached hydrogens (tertiary/aromatic N) is 3. The van der Waals surface area contributed by atoms with Crippen LogP contribution in [0.15, 0.2) is 12.3 Å². The number of piperidine rings is 1. The monoisotopic (exact) mass is 362 g/mol. The summed E-state index contributed by atoms with van der Waals surface area (Å²) in [6.07, 6.45) is 5.99.